The summed E-state index contributed by atoms with van der Waals surface area (Å²) in [5.41, 5.74) is 2.49. The van der Waals surface area contributed by atoms with Gasteiger partial charge in [-0.1, -0.05) is 19.0 Å². The van der Waals surface area contributed by atoms with E-state index in [9.17, 15) is 0 Å². The molecule has 0 fully saturated rings. The highest BCUT2D eigenvalue weighted by atomic mass is 16.5. The van der Waals surface area contributed by atoms with E-state index in [2.05, 4.69) is 24.3 Å². The molecule has 78 valence electrons. The van der Waals surface area contributed by atoms with Crippen molar-refractivity contribution >= 4 is 0 Å². The van der Waals surface area contributed by atoms with Crippen molar-refractivity contribution in [2.45, 2.75) is 39.7 Å². The standard InChI is InChI=1S/C11H18N2O/c1-8(2)6-12-7-10-9-4-3-5-11(9)14-13-10/h8,12H,3-7H2,1-2H3. The minimum absolute atomic E-state index is 0.690. The number of rotatable bonds is 4. The third kappa shape index (κ3) is 1.98. The molecule has 1 aliphatic carbocycles. The second kappa shape index (κ2) is 4.13. The van der Waals surface area contributed by atoms with Gasteiger partial charge in [0.25, 0.3) is 0 Å². The summed E-state index contributed by atoms with van der Waals surface area (Å²) in [6, 6.07) is 0. The van der Waals surface area contributed by atoms with Crippen LogP contribution in [0.2, 0.25) is 0 Å². The number of fused-ring (bicyclic) bond motifs is 1. The Morgan fingerprint density at radius 3 is 3.07 bits per heavy atom. The van der Waals surface area contributed by atoms with Gasteiger partial charge < -0.3 is 9.84 Å². The lowest BCUT2D eigenvalue weighted by atomic mass is 10.2. The van der Waals surface area contributed by atoms with Crippen molar-refractivity contribution < 1.29 is 4.52 Å². The molecule has 0 bridgehead atoms. The van der Waals surface area contributed by atoms with E-state index >= 15 is 0 Å². The van der Waals surface area contributed by atoms with Crippen molar-refractivity contribution in [3.8, 4) is 0 Å². The third-order valence-electron chi connectivity index (χ3n) is 2.63. The highest BCUT2D eigenvalue weighted by Crippen LogP contribution is 2.24. The highest BCUT2D eigenvalue weighted by molar-refractivity contribution is 5.26. The molecule has 0 spiro atoms. The van der Waals surface area contributed by atoms with Crippen LogP contribution in [-0.4, -0.2) is 11.7 Å². The van der Waals surface area contributed by atoms with Crippen molar-refractivity contribution in [2.24, 2.45) is 5.92 Å². The Hall–Kier alpha value is -0.830. The zero-order valence-electron chi connectivity index (χ0n) is 8.97. The van der Waals surface area contributed by atoms with E-state index in [-0.39, 0.29) is 0 Å². The van der Waals surface area contributed by atoms with Crippen LogP contribution in [0, 0.1) is 5.92 Å². The Balaban J connectivity index is 1.90. The van der Waals surface area contributed by atoms with Crippen LogP contribution in [0.5, 0.6) is 0 Å². The molecule has 0 unspecified atom stereocenters. The van der Waals surface area contributed by atoms with Gasteiger partial charge in [0, 0.05) is 18.5 Å². The van der Waals surface area contributed by atoms with Gasteiger partial charge in [0.2, 0.25) is 0 Å². The molecule has 3 nitrogen and oxygen atoms in total. The number of aryl methyl sites for hydroxylation is 1. The van der Waals surface area contributed by atoms with Gasteiger partial charge in [0.15, 0.2) is 0 Å². The first-order valence-corrected chi connectivity index (χ1v) is 5.44. The maximum absolute atomic E-state index is 5.27. The normalized spacial score (nSPS) is 15.1. The molecule has 0 radical (unpaired) electrons. The van der Waals surface area contributed by atoms with Gasteiger partial charge in [0.05, 0.1) is 0 Å². The summed E-state index contributed by atoms with van der Waals surface area (Å²) in [5, 5.41) is 7.49. The van der Waals surface area contributed by atoms with Gasteiger partial charge in [-0.2, -0.15) is 0 Å². The Morgan fingerprint density at radius 1 is 1.43 bits per heavy atom. The van der Waals surface area contributed by atoms with Crippen LogP contribution in [-0.2, 0) is 19.4 Å². The molecule has 14 heavy (non-hydrogen) atoms. The first-order chi connectivity index (χ1) is 6.77. The van der Waals surface area contributed by atoms with E-state index in [4.69, 9.17) is 4.52 Å². The van der Waals surface area contributed by atoms with Gasteiger partial charge in [-0.25, -0.2) is 0 Å². The van der Waals surface area contributed by atoms with Crippen LogP contribution in [0.25, 0.3) is 0 Å². The fourth-order valence-corrected chi connectivity index (χ4v) is 1.91. The van der Waals surface area contributed by atoms with Crippen molar-refractivity contribution in [1.29, 1.82) is 0 Å². The first kappa shape index (κ1) is 9.71. The predicted octanol–water partition coefficient (Wildman–Crippen LogP) is 1.91. The molecule has 0 amide bonds. The minimum atomic E-state index is 0.690. The second-order valence-electron chi connectivity index (χ2n) is 4.41. The van der Waals surface area contributed by atoms with Gasteiger partial charge >= 0.3 is 0 Å². The molecule has 1 N–H and O–H groups in total. The smallest absolute Gasteiger partial charge is 0.140 e. The Labute approximate surface area is 84.9 Å². The van der Waals surface area contributed by atoms with Crippen LogP contribution in [0.4, 0.5) is 0 Å². The molecular formula is C11H18N2O. The van der Waals surface area contributed by atoms with Gasteiger partial charge in [0.1, 0.15) is 11.5 Å². The van der Waals surface area contributed by atoms with Gasteiger partial charge in [-0.3, -0.25) is 0 Å². The fraction of sp³-hybridized carbons (Fsp3) is 0.727. The Morgan fingerprint density at radius 2 is 2.29 bits per heavy atom. The van der Waals surface area contributed by atoms with Crippen LogP contribution < -0.4 is 5.32 Å². The number of aromatic nitrogens is 1. The van der Waals surface area contributed by atoms with Gasteiger partial charge in [-0.15, -0.1) is 0 Å². The monoisotopic (exact) mass is 194 g/mol. The SMILES string of the molecule is CC(C)CNCc1noc2c1CCC2. The quantitative estimate of drug-likeness (QED) is 0.795. The number of hydrogen-bond donors (Lipinski definition) is 1. The van der Waals surface area contributed by atoms with Crippen LogP contribution in [0.1, 0.15) is 37.3 Å². The number of nitrogens with one attached hydrogen (secondary N) is 1. The lowest BCUT2D eigenvalue weighted by molar-refractivity contribution is 0.376. The molecular weight excluding hydrogens is 176 g/mol. The summed E-state index contributed by atoms with van der Waals surface area (Å²) in [6.07, 6.45) is 3.46. The van der Waals surface area contributed by atoms with E-state index in [0.29, 0.717) is 5.92 Å². The molecule has 0 saturated carbocycles. The molecule has 0 saturated heterocycles. The van der Waals surface area contributed by atoms with Crippen molar-refractivity contribution in [3.05, 3.63) is 17.0 Å². The molecule has 0 aromatic carbocycles. The van der Waals surface area contributed by atoms with E-state index in [1.54, 1.807) is 0 Å². The van der Waals surface area contributed by atoms with E-state index in [1.165, 1.54) is 12.0 Å². The first-order valence-electron chi connectivity index (χ1n) is 5.44. The third-order valence-corrected chi connectivity index (χ3v) is 2.63. The molecule has 1 aromatic heterocycles. The molecule has 3 heteroatoms. The number of nitrogens with zero attached hydrogens (tertiary/aromatic N) is 1. The second-order valence-corrected chi connectivity index (χ2v) is 4.41. The predicted molar refractivity (Wildman–Crippen MR) is 55.1 cm³/mol. The molecule has 1 aromatic rings. The van der Waals surface area contributed by atoms with E-state index in [0.717, 1.165) is 37.4 Å². The van der Waals surface area contributed by atoms with Gasteiger partial charge in [-0.05, 0) is 25.3 Å². The average Bonchev–Trinajstić information content (AvgIpc) is 2.67. The summed E-state index contributed by atoms with van der Waals surface area (Å²) in [5.74, 6) is 1.81. The largest absolute Gasteiger partial charge is 0.361 e. The maximum Gasteiger partial charge on any atom is 0.140 e. The summed E-state index contributed by atoms with van der Waals surface area (Å²) < 4.78 is 5.27. The van der Waals surface area contributed by atoms with Crippen molar-refractivity contribution in [1.82, 2.24) is 10.5 Å². The molecule has 1 heterocycles. The van der Waals surface area contributed by atoms with Crippen molar-refractivity contribution in [2.75, 3.05) is 6.54 Å². The van der Waals surface area contributed by atoms with E-state index < -0.39 is 0 Å². The summed E-state index contributed by atoms with van der Waals surface area (Å²) >= 11 is 0. The van der Waals surface area contributed by atoms with Crippen LogP contribution in [0.3, 0.4) is 0 Å². The lowest BCUT2D eigenvalue weighted by Gasteiger charge is -2.05. The molecule has 1 aliphatic rings. The zero-order valence-corrected chi connectivity index (χ0v) is 8.97. The fourth-order valence-electron chi connectivity index (χ4n) is 1.91. The molecule has 2 rings (SSSR count). The Bertz CT molecular complexity index is 304. The number of hydrogen-bond acceptors (Lipinski definition) is 3. The minimum Gasteiger partial charge on any atom is -0.361 e. The summed E-state index contributed by atoms with van der Waals surface area (Å²) in [7, 11) is 0. The topological polar surface area (TPSA) is 38.1 Å². The Kier molecular flexibility index (Phi) is 2.87. The highest BCUT2D eigenvalue weighted by Gasteiger charge is 2.20. The zero-order chi connectivity index (χ0) is 9.97. The van der Waals surface area contributed by atoms with Crippen molar-refractivity contribution in [3.63, 3.8) is 0 Å². The maximum atomic E-state index is 5.27. The lowest BCUT2D eigenvalue weighted by Crippen LogP contribution is -2.19. The average molecular weight is 194 g/mol. The molecule has 0 atom stereocenters. The van der Waals surface area contributed by atoms with E-state index in [1.807, 2.05) is 0 Å². The van der Waals surface area contributed by atoms with Crippen LogP contribution >= 0.6 is 0 Å². The van der Waals surface area contributed by atoms with Crippen LogP contribution in [0.15, 0.2) is 4.52 Å². The summed E-state index contributed by atoms with van der Waals surface area (Å²) in [6.45, 7) is 6.32. The molecule has 0 aliphatic heterocycles. The summed E-state index contributed by atoms with van der Waals surface area (Å²) in [4.78, 5) is 0.